The van der Waals surface area contributed by atoms with Crippen molar-refractivity contribution in [2.45, 2.75) is 51.6 Å². The molecule has 3 rings (SSSR count). The molecule has 0 unspecified atom stereocenters. The number of fused-ring (bicyclic) bond motifs is 1. The molecule has 25 heavy (non-hydrogen) atoms. The first kappa shape index (κ1) is 17.5. The first-order valence-electron chi connectivity index (χ1n) is 8.78. The molecule has 0 amide bonds. The molecule has 1 atom stereocenters. The molecule has 132 valence electrons. The van der Waals surface area contributed by atoms with E-state index in [-0.39, 0.29) is 12.0 Å². The van der Waals surface area contributed by atoms with Crippen molar-refractivity contribution in [1.82, 2.24) is 4.98 Å². The van der Waals surface area contributed by atoms with Crippen LogP contribution in [0.15, 0.2) is 18.2 Å². The Balaban J connectivity index is 2.11. The second-order valence-corrected chi connectivity index (χ2v) is 7.10. The van der Waals surface area contributed by atoms with E-state index in [0.717, 1.165) is 35.9 Å². The van der Waals surface area contributed by atoms with Crippen LogP contribution in [0.2, 0.25) is 0 Å². The van der Waals surface area contributed by atoms with Gasteiger partial charge >= 0.3 is 5.97 Å². The van der Waals surface area contributed by atoms with Crippen LogP contribution in [0.3, 0.4) is 0 Å². The summed E-state index contributed by atoms with van der Waals surface area (Å²) in [6.45, 7) is 7.03. The van der Waals surface area contributed by atoms with Gasteiger partial charge in [0.15, 0.2) is 0 Å². The molecule has 0 aliphatic carbocycles. The lowest BCUT2D eigenvalue weighted by Crippen LogP contribution is -2.33. The lowest BCUT2D eigenvalue weighted by Gasteiger charge is -2.36. The molecule has 5 nitrogen and oxygen atoms in total. The van der Waals surface area contributed by atoms with E-state index in [0.29, 0.717) is 18.2 Å². The lowest BCUT2D eigenvalue weighted by molar-refractivity contribution is -0.0591. The first-order valence-corrected chi connectivity index (χ1v) is 8.78. The van der Waals surface area contributed by atoms with Gasteiger partial charge in [0.1, 0.15) is 5.69 Å². The van der Waals surface area contributed by atoms with Crippen LogP contribution >= 0.6 is 0 Å². The third-order valence-corrected chi connectivity index (χ3v) is 4.85. The van der Waals surface area contributed by atoms with E-state index >= 15 is 0 Å². The Hall–Kier alpha value is -2.32. The van der Waals surface area contributed by atoms with Crippen molar-refractivity contribution < 1.29 is 14.3 Å². The minimum atomic E-state index is -0.401. The molecule has 1 aliphatic rings. The molecule has 0 radical (unpaired) electrons. The molecule has 1 aliphatic heterocycles. The average Bonchev–Trinajstić information content (AvgIpc) is 2.93. The topological polar surface area (TPSA) is 75.1 Å². The average molecular weight is 340 g/mol. The van der Waals surface area contributed by atoms with Gasteiger partial charge in [-0.2, -0.15) is 5.26 Å². The summed E-state index contributed by atoms with van der Waals surface area (Å²) in [6, 6.07) is 8.24. The number of nitrogens with one attached hydrogen (secondary N) is 1. The summed E-state index contributed by atoms with van der Waals surface area (Å²) in [5, 5.41) is 10.1. The normalized spacial score (nSPS) is 19.5. The van der Waals surface area contributed by atoms with Gasteiger partial charge in [0, 0.05) is 23.1 Å². The van der Waals surface area contributed by atoms with Crippen molar-refractivity contribution in [3.63, 3.8) is 0 Å². The summed E-state index contributed by atoms with van der Waals surface area (Å²) in [6.07, 6.45) is 2.05. The van der Waals surface area contributed by atoms with Crippen LogP contribution < -0.4 is 0 Å². The summed E-state index contributed by atoms with van der Waals surface area (Å²) < 4.78 is 11.0. The zero-order valence-corrected chi connectivity index (χ0v) is 15.0. The third-order valence-electron chi connectivity index (χ3n) is 4.85. The summed E-state index contributed by atoms with van der Waals surface area (Å²) in [5.41, 5.74) is 3.10. The number of rotatable bonds is 4. The maximum Gasteiger partial charge on any atom is 0.355 e. The fraction of sp³-hybridized carbons (Fsp3) is 0.500. The fourth-order valence-corrected chi connectivity index (χ4v) is 3.77. The Morgan fingerprint density at radius 3 is 2.96 bits per heavy atom. The number of H-pyrrole nitrogens is 1. The molecule has 1 aromatic carbocycles. The maximum atomic E-state index is 12.3. The molecule has 1 aromatic heterocycles. The Kier molecular flexibility index (Phi) is 4.82. The minimum absolute atomic E-state index is 0.156. The highest BCUT2D eigenvalue weighted by Crippen LogP contribution is 2.39. The zero-order chi connectivity index (χ0) is 18.0. The van der Waals surface area contributed by atoms with Crippen molar-refractivity contribution in [1.29, 1.82) is 5.26 Å². The van der Waals surface area contributed by atoms with Gasteiger partial charge < -0.3 is 14.5 Å². The smallest absolute Gasteiger partial charge is 0.355 e. The predicted octanol–water partition coefficient (Wildman–Crippen LogP) is 4.08. The number of hydrogen-bond acceptors (Lipinski definition) is 4. The van der Waals surface area contributed by atoms with E-state index in [9.17, 15) is 10.1 Å². The van der Waals surface area contributed by atoms with Gasteiger partial charge in [0.05, 0.1) is 24.7 Å². The van der Waals surface area contributed by atoms with E-state index in [1.54, 1.807) is 6.92 Å². The molecule has 0 bridgehead atoms. The Labute approximate surface area is 147 Å². The number of benzene rings is 1. The Morgan fingerprint density at radius 2 is 2.28 bits per heavy atom. The van der Waals surface area contributed by atoms with Crippen LogP contribution in [0.5, 0.6) is 0 Å². The number of carbonyl (C=O) groups excluding carboxylic acids is 1. The molecule has 0 spiro atoms. The molecule has 1 fully saturated rings. The van der Waals surface area contributed by atoms with E-state index in [1.165, 1.54) is 5.56 Å². The van der Waals surface area contributed by atoms with Crippen LogP contribution in [-0.2, 0) is 15.9 Å². The second kappa shape index (κ2) is 6.89. The lowest BCUT2D eigenvalue weighted by atomic mass is 9.83. The highest BCUT2D eigenvalue weighted by molar-refractivity contribution is 5.99. The zero-order valence-electron chi connectivity index (χ0n) is 15.0. The van der Waals surface area contributed by atoms with Crippen molar-refractivity contribution in [2.24, 2.45) is 0 Å². The molecular formula is C20H24N2O3. The largest absolute Gasteiger partial charge is 0.461 e. The molecule has 1 N–H and O–H groups in total. The van der Waals surface area contributed by atoms with Crippen LogP contribution in [0.4, 0.5) is 0 Å². The van der Waals surface area contributed by atoms with Gasteiger partial charge in [0.25, 0.3) is 0 Å². The molecular weight excluding hydrogens is 316 g/mol. The predicted molar refractivity (Wildman–Crippen MR) is 95.6 cm³/mol. The standard InChI is InChI=1S/C20H24N2O3/c1-4-24-19(23)18-16(8-10-21)15-7-5-6-14(17(15)22-18)13-9-11-25-20(2,3)12-13/h5-7,13,22H,4,8-9,11-12H2,1-3H3/t13-/m0/s1. The quantitative estimate of drug-likeness (QED) is 0.851. The molecule has 2 aromatic rings. The van der Waals surface area contributed by atoms with Gasteiger partial charge in [-0.05, 0) is 45.1 Å². The first-order chi connectivity index (χ1) is 12.0. The van der Waals surface area contributed by atoms with Gasteiger partial charge in [-0.1, -0.05) is 18.2 Å². The number of aromatic nitrogens is 1. The number of carbonyl (C=O) groups is 1. The van der Waals surface area contributed by atoms with Crippen LogP contribution in [0.25, 0.3) is 10.9 Å². The summed E-state index contributed by atoms with van der Waals surface area (Å²) in [5.74, 6) is -0.0433. The Bertz CT molecular complexity index is 829. The number of nitriles is 1. The monoisotopic (exact) mass is 340 g/mol. The van der Waals surface area contributed by atoms with Gasteiger partial charge in [-0.15, -0.1) is 0 Å². The van der Waals surface area contributed by atoms with Gasteiger partial charge in [-0.3, -0.25) is 0 Å². The third kappa shape index (κ3) is 3.40. The van der Waals surface area contributed by atoms with Crippen LogP contribution in [0.1, 0.15) is 61.1 Å². The highest BCUT2D eigenvalue weighted by Gasteiger charge is 2.31. The minimum Gasteiger partial charge on any atom is -0.461 e. The number of esters is 1. The summed E-state index contributed by atoms with van der Waals surface area (Å²) in [4.78, 5) is 15.6. The number of nitrogens with zero attached hydrogens (tertiary/aromatic N) is 1. The van der Waals surface area contributed by atoms with E-state index in [1.807, 2.05) is 12.1 Å². The number of hydrogen-bond donors (Lipinski definition) is 1. The molecule has 2 heterocycles. The van der Waals surface area contributed by atoms with Crippen molar-refractivity contribution in [2.75, 3.05) is 13.2 Å². The van der Waals surface area contributed by atoms with E-state index in [4.69, 9.17) is 9.47 Å². The van der Waals surface area contributed by atoms with E-state index < -0.39 is 5.97 Å². The van der Waals surface area contributed by atoms with Crippen molar-refractivity contribution >= 4 is 16.9 Å². The summed E-state index contributed by atoms with van der Waals surface area (Å²) >= 11 is 0. The fourth-order valence-electron chi connectivity index (χ4n) is 3.77. The number of aromatic amines is 1. The van der Waals surface area contributed by atoms with Gasteiger partial charge in [-0.25, -0.2) is 4.79 Å². The second-order valence-electron chi connectivity index (χ2n) is 7.10. The highest BCUT2D eigenvalue weighted by atomic mass is 16.5. The number of ether oxygens (including phenoxy) is 2. The molecule has 5 heteroatoms. The Morgan fingerprint density at radius 1 is 1.48 bits per heavy atom. The SMILES string of the molecule is CCOC(=O)c1[nH]c2c([C@H]3CCOC(C)(C)C3)cccc2c1CC#N. The van der Waals surface area contributed by atoms with Crippen molar-refractivity contribution in [3.05, 3.63) is 35.0 Å². The summed E-state index contributed by atoms with van der Waals surface area (Å²) in [7, 11) is 0. The molecule has 0 saturated carbocycles. The van der Waals surface area contributed by atoms with E-state index in [2.05, 4.69) is 31.0 Å². The number of para-hydroxylation sites is 1. The van der Waals surface area contributed by atoms with Crippen LogP contribution in [0, 0.1) is 11.3 Å². The van der Waals surface area contributed by atoms with Crippen LogP contribution in [-0.4, -0.2) is 29.8 Å². The van der Waals surface area contributed by atoms with Crippen molar-refractivity contribution in [3.8, 4) is 6.07 Å². The molecule has 1 saturated heterocycles. The van der Waals surface area contributed by atoms with Gasteiger partial charge in [0.2, 0.25) is 0 Å². The maximum absolute atomic E-state index is 12.3.